The number of carbonyl (C=O) groups is 2. The van der Waals surface area contributed by atoms with Crippen molar-refractivity contribution in [2.75, 3.05) is 13.1 Å². The number of hydrogen-bond acceptors (Lipinski definition) is 2. The molecule has 0 unspecified atom stereocenters. The zero-order valence-electron chi connectivity index (χ0n) is 17.3. The highest BCUT2D eigenvalue weighted by Gasteiger charge is 2.29. The quantitative estimate of drug-likeness (QED) is 0.771. The largest absolute Gasteiger partial charge is 0.361 e. The number of rotatable bonds is 6. The van der Waals surface area contributed by atoms with E-state index in [2.05, 4.69) is 34.7 Å². The van der Waals surface area contributed by atoms with Gasteiger partial charge in [-0.1, -0.05) is 37.5 Å². The van der Waals surface area contributed by atoms with Crippen LogP contribution in [-0.4, -0.2) is 40.8 Å². The van der Waals surface area contributed by atoms with Gasteiger partial charge in [-0.25, -0.2) is 0 Å². The summed E-state index contributed by atoms with van der Waals surface area (Å²) in [5, 5.41) is 4.44. The van der Waals surface area contributed by atoms with Crippen LogP contribution < -0.4 is 5.32 Å². The fraction of sp³-hybridized carbons (Fsp3) is 0.583. The number of benzene rings is 1. The van der Waals surface area contributed by atoms with Crippen molar-refractivity contribution in [2.45, 2.75) is 70.3 Å². The lowest BCUT2D eigenvalue weighted by molar-refractivity contribution is -0.137. The molecule has 1 saturated heterocycles. The number of piperidine rings is 1. The average molecular weight is 396 g/mol. The molecular weight excluding hydrogens is 362 g/mol. The van der Waals surface area contributed by atoms with Crippen molar-refractivity contribution in [2.24, 2.45) is 5.92 Å². The van der Waals surface area contributed by atoms with Gasteiger partial charge in [0, 0.05) is 48.6 Å². The first-order valence-corrected chi connectivity index (χ1v) is 11.3. The smallest absolute Gasteiger partial charge is 0.225 e. The number of aromatic amines is 1. The van der Waals surface area contributed by atoms with Gasteiger partial charge in [0.1, 0.15) is 0 Å². The lowest BCUT2D eigenvalue weighted by Gasteiger charge is -2.35. The van der Waals surface area contributed by atoms with E-state index >= 15 is 0 Å². The monoisotopic (exact) mass is 395 g/mol. The van der Waals surface area contributed by atoms with E-state index < -0.39 is 0 Å². The van der Waals surface area contributed by atoms with E-state index in [1.165, 1.54) is 30.2 Å². The number of carbonyl (C=O) groups excluding carboxylic acids is 2. The number of fused-ring (bicyclic) bond motifs is 1. The third-order valence-corrected chi connectivity index (χ3v) is 6.65. The fourth-order valence-electron chi connectivity index (χ4n) is 4.93. The first-order valence-electron chi connectivity index (χ1n) is 11.3. The molecule has 4 rings (SSSR count). The summed E-state index contributed by atoms with van der Waals surface area (Å²) >= 11 is 0. The molecule has 1 aliphatic heterocycles. The second-order valence-corrected chi connectivity index (χ2v) is 8.72. The van der Waals surface area contributed by atoms with Crippen molar-refractivity contribution < 1.29 is 9.59 Å². The molecular formula is C24H33N3O2. The molecule has 156 valence electrons. The lowest BCUT2D eigenvalue weighted by atomic mass is 9.87. The fourth-order valence-corrected chi connectivity index (χ4v) is 4.93. The van der Waals surface area contributed by atoms with Crippen LogP contribution in [0.25, 0.3) is 10.9 Å². The summed E-state index contributed by atoms with van der Waals surface area (Å²) in [6.45, 7) is 1.57. The summed E-state index contributed by atoms with van der Waals surface area (Å²) in [6.07, 6.45) is 11.9. The van der Waals surface area contributed by atoms with Crippen LogP contribution in [0, 0.1) is 5.92 Å². The minimum atomic E-state index is 0.141. The van der Waals surface area contributed by atoms with Gasteiger partial charge in [0.05, 0.1) is 0 Å². The van der Waals surface area contributed by atoms with Gasteiger partial charge in [-0.3, -0.25) is 9.59 Å². The SMILES string of the molecule is O=C(CCCc1c[nH]c2ccccc12)NC1CCN(C(=O)C2CCCCC2)CC1. The Morgan fingerprint density at radius 2 is 1.79 bits per heavy atom. The van der Waals surface area contributed by atoms with Gasteiger partial charge in [-0.2, -0.15) is 0 Å². The number of para-hydroxylation sites is 1. The summed E-state index contributed by atoms with van der Waals surface area (Å²) in [5.74, 6) is 0.745. The van der Waals surface area contributed by atoms with E-state index in [-0.39, 0.29) is 17.9 Å². The predicted octanol–water partition coefficient (Wildman–Crippen LogP) is 4.18. The number of H-pyrrole nitrogens is 1. The maximum absolute atomic E-state index is 12.7. The maximum Gasteiger partial charge on any atom is 0.225 e. The molecule has 1 aromatic carbocycles. The predicted molar refractivity (Wildman–Crippen MR) is 116 cm³/mol. The molecule has 0 spiro atoms. The molecule has 1 aliphatic carbocycles. The van der Waals surface area contributed by atoms with Crippen molar-refractivity contribution in [3.05, 3.63) is 36.0 Å². The molecule has 29 heavy (non-hydrogen) atoms. The van der Waals surface area contributed by atoms with Gasteiger partial charge >= 0.3 is 0 Å². The molecule has 1 aromatic heterocycles. The van der Waals surface area contributed by atoms with Gasteiger partial charge in [0.25, 0.3) is 0 Å². The van der Waals surface area contributed by atoms with Crippen LogP contribution in [0.15, 0.2) is 30.5 Å². The lowest BCUT2D eigenvalue weighted by Crippen LogP contribution is -2.48. The molecule has 2 fully saturated rings. The number of hydrogen-bond donors (Lipinski definition) is 2. The molecule has 2 aliphatic rings. The Labute approximate surface area is 173 Å². The molecule has 5 nitrogen and oxygen atoms in total. The summed E-state index contributed by atoms with van der Waals surface area (Å²) in [5.41, 5.74) is 2.43. The van der Waals surface area contributed by atoms with E-state index in [9.17, 15) is 9.59 Å². The Kier molecular flexibility index (Phi) is 6.53. The molecule has 0 atom stereocenters. The number of aryl methyl sites for hydroxylation is 1. The normalized spacial score (nSPS) is 18.8. The van der Waals surface area contributed by atoms with Crippen molar-refractivity contribution in [3.8, 4) is 0 Å². The van der Waals surface area contributed by atoms with Crippen LogP contribution in [0.1, 0.15) is 63.4 Å². The van der Waals surface area contributed by atoms with Gasteiger partial charge in [0.2, 0.25) is 11.8 Å². The van der Waals surface area contributed by atoms with Gasteiger partial charge < -0.3 is 15.2 Å². The minimum Gasteiger partial charge on any atom is -0.361 e. The van der Waals surface area contributed by atoms with E-state index in [1.807, 2.05) is 11.0 Å². The van der Waals surface area contributed by atoms with Crippen LogP contribution in [0.2, 0.25) is 0 Å². The highest BCUT2D eigenvalue weighted by Crippen LogP contribution is 2.26. The first kappa shape index (κ1) is 20.0. The molecule has 2 N–H and O–H groups in total. The number of nitrogens with zero attached hydrogens (tertiary/aromatic N) is 1. The van der Waals surface area contributed by atoms with Crippen LogP contribution in [-0.2, 0) is 16.0 Å². The van der Waals surface area contributed by atoms with E-state index in [0.29, 0.717) is 12.3 Å². The Hall–Kier alpha value is -2.30. The zero-order valence-corrected chi connectivity index (χ0v) is 17.3. The summed E-state index contributed by atoms with van der Waals surface area (Å²) in [7, 11) is 0. The standard InChI is InChI=1S/C24H33N3O2/c28-23(12-6-9-19-17-25-22-11-5-4-10-21(19)22)26-20-13-15-27(16-14-20)24(29)18-7-2-1-3-8-18/h4-5,10-11,17-18,20,25H,1-3,6-9,12-16H2,(H,26,28). The summed E-state index contributed by atoms with van der Waals surface area (Å²) in [6, 6.07) is 8.51. The maximum atomic E-state index is 12.7. The topological polar surface area (TPSA) is 65.2 Å². The first-order chi connectivity index (χ1) is 14.2. The van der Waals surface area contributed by atoms with Crippen molar-refractivity contribution in [3.63, 3.8) is 0 Å². The van der Waals surface area contributed by atoms with Crippen molar-refractivity contribution in [1.82, 2.24) is 15.2 Å². The third kappa shape index (κ3) is 5.01. The minimum absolute atomic E-state index is 0.141. The Balaban J connectivity index is 1.16. The average Bonchev–Trinajstić information content (AvgIpc) is 3.18. The Morgan fingerprint density at radius 3 is 2.59 bits per heavy atom. The second-order valence-electron chi connectivity index (χ2n) is 8.72. The molecule has 2 heterocycles. The molecule has 2 aromatic rings. The summed E-state index contributed by atoms with van der Waals surface area (Å²) in [4.78, 5) is 30.4. The molecule has 2 amide bonds. The number of aromatic nitrogens is 1. The molecule has 5 heteroatoms. The van der Waals surface area contributed by atoms with Crippen LogP contribution in [0.4, 0.5) is 0 Å². The van der Waals surface area contributed by atoms with E-state index in [4.69, 9.17) is 0 Å². The van der Waals surface area contributed by atoms with E-state index in [1.54, 1.807) is 0 Å². The second kappa shape index (κ2) is 9.47. The zero-order chi connectivity index (χ0) is 20.1. The van der Waals surface area contributed by atoms with Gasteiger partial charge in [-0.05, 0) is 50.2 Å². The van der Waals surface area contributed by atoms with E-state index in [0.717, 1.165) is 57.1 Å². The number of likely N-dealkylation sites (tertiary alicyclic amines) is 1. The van der Waals surface area contributed by atoms with Crippen molar-refractivity contribution in [1.29, 1.82) is 0 Å². The number of amides is 2. The number of nitrogens with one attached hydrogen (secondary N) is 2. The summed E-state index contributed by atoms with van der Waals surface area (Å²) < 4.78 is 0. The highest BCUT2D eigenvalue weighted by molar-refractivity contribution is 5.83. The highest BCUT2D eigenvalue weighted by atomic mass is 16.2. The Morgan fingerprint density at radius 1 is 1.03 bits per heavy atom. The molecule has 0 radical (unpaired) electrons. The van der Waals surface area contributed by atoms with Crippen LogP contribution >= 0.6 is 0 Å². The van der Waals surface area contributed by atoms with Crippen molar-refractivity contribution >= 4 is 22.7 Å². The molecule has 0 bridgehead atoms. The van der Waals surface area contributed by atoms with Gasteiger partial charge in [0.15, 0.2) is 0 Å². The van der Waals surface area contributed by atoms with Crippen LogP contribution in [0.5, 0.6) is 0 Å². The third-order valence-electron chi connectivity index (χ3n) is 6.65. The van der Waals surface area contributed by atoms with Crippen LogP contribution in [0.3, 0.4) is 0 Å². The Bertz CT molecular complexity index is 830. The molecule has 1 saturated carbocycles. The van der Waals surface area contributed by atoms with Gasteiger partial charge in [-0.15, -0.1) is 0 Å².